The summed E-state index contributed by atoms with van der Waals surface area (Å²) in [5.41, 5.74) is -1.55. The molecule has 2 rings (SSSR count). The zero-order valence-corrected chi connectivity index (χ0v) is 16.9. The van der Waals surface area contributed by atoms with Crippen LogP contribution in [-0.4, -0.2) is 45.9 Å². The lowest BCUT2D eigenvalue weighted by Crippen LogP contribution is -2.51. The number of ether oxygens (including phenoxy) is 1. The third kappa shape index (κ3) is 4.18. The molecule has 0 radical (unpaired) electrons. The summed E-state index contributed by atoms with van der Waals surface area (Å²) in [4.78, 5) is 27.1. The van der Waals surface area contributed by atoms with E-state index in [0.29, 0.717) is 24.4 Å². The molecule has 1 N–H and O–H groups in total. The summed E-state index contributed by atoms with van der Waals surface area (Å²) in [6.07, 6.45) is 0.0771. The predicted molar refractivity (Wildman–Crippen MR) is 97.9 cm³/mol. The number of nitrogens with zero attached hydrogens (tertiary/aromatic N) is 1. The smallest absolute Gasteiger partial charge is 0.410 e. The Morgan fingerprint density at radius 3 is 2.67 bits per heavy atom. The molecule has 0 saturated carbocycles. The summed E-state index contributed by atoms with van der Waals surface area (Å²) in [6, 6.07) is 3.58. The predicted octanol–water partition coefficient (Wildman–Crippen LogP) is 3.79. The van der Waals surface area contributed by atoms with Gasteiger partial charge in [-0.25, -0.2) is 4.79 Å². The fourth-order valence-corrected chi connectivity index (χ4v) is 4.43. The van der Waals surface area contributed by atoms with Gasteiger partial charge in [0.15, 0.2) is 5.78 Å². The van der Waals surface area contributed by atoms with Gasteiger partial charge < -0.3 is 14.7 Å². The highest BCUT2D eigenvalue weighted by Crippen LogP contribution is 2.41. The van der Waals surface area contributed by atoms with Crippen LogP contribution in [0.1, 0.15) is 48.7 Å². The zero-order chi connectivity index (χ0) is 18.1. The molecule has 1 fully saturated rings. The number of amides is 1. The number of thiophene rings is 1. The Kier molecular flexibility index (Phi) is 5.77. The second-order valence-electron chi connectivity index (χ2n) is 7.22. The quantitative estimate of drug-likeness (QED) is 0.599. The van der Waals surface area contributed by atoms with Gasteiger partial charge in [0.25, 0.3) is 0 Å². The molecular weight excluding hydrogens is 394 g/mol. The number of Topliss-reactive ketones (excluding diaryl/α,β-unsaturated/α-hetero) is 1. The molecule has 1 amide bonds. The van der Waals surface area contributed by atoms with E-state index in [4.69, 9.17) is 4.74 Å². The van der Waals surface area contributed by atoms with E-state index in [0.717, 1.165) is 4.88 Å². The molecule has 0 bridgehead atoms. The van der Waals surface area contributed by atoms with Gasteiger partial charge in [0.1, 0.15) is 11.2 Å². The van der Waals surface area contributed by atoms with Crippen molar-refractivity contribution in [3.05, 3.63) is 21.9 Å². The van der Waals surface area contributed by atoms with Crippen LogP contribution in [-0.2, 0) is 10.3 Å². The van der Waals surface area contributed by atoms with Gasteiger partial charge in [-0.1, -0.05) is 22.9 Å². The number of hydrogen-bond donors (Lipinski definition) is 1. The van der Waals surface area contributed by atoms with Crippen LogP contribution in [0.15, 0.2) is 12.1 Å². The van der Waals surface area contributed by atoms with Gasteiger partial charge in [-0.3, -0.25) is 4.79 Å². The lowest BCUT2D eigenvalue weighted by atomic mass is 9.81. The minimum atomic E-state index is -1.02. The number of carbonyl (C=O) groups excluding carboxylic acids is 2. The Hall–Kier alpha value is -0.920. The monoisotopic (exact) mass is 417 g/mol. The molecule has 24 heavy (non-hydrogen) atoms. The average Bonchev–Trinajstić information content (AvgIpc) is 2.98. The maximum absolute atomic E-state index is 12.2. The van der Waals surface area contributed by atoms with Crippen LogP contribution in [0.4, 0.5) is 4.79 Å². The summed E-state index contributed by atoms with van der Waals surface area (Å²) >= 11 is 4.50. The molecule has 0 spiro atoms. The summed E-state index contributed by atoms with van der Waals surface area (Å²) < 4.78 is 5.41. The van der Waals surface area contributed by atoms with Gasteiger partial charge in [0, 0.05) is 23.9 Å². The molecule has 0 unspecified atom stereocenters. The van der Waals surface area contributed by atoms with Crippen molar-refractivity contribution in [3.8, 4) is 0 Å². The maximum Gasteiger partial charge on any atom is 0.410 e. The number of aliphatic hydroxyl groups is 1. The number of ketones is 1. The molecule has 2 heterocycles. The molecule has 134 valence electrons. The Balaban J connectivity index is 2.10. The van der Waals surface area contributed by atoms with Crippen molar-refractivity contribution in [3.63, 3.8) is 0 Å². The Labute approximate surface area is 155 Å². The van der Waals surface area contributed by atoms with E-state index in [9.17, 15) is 14.7 Å². The van der Waals surface area contributed by atoms with Gasteiger partial charge >= 0.3 is 6.09 Å². The minimum Gasteiger partial charge on any atom is -0.444 e. The van der Waals surface area contributed by atoms with Gasteiger partial charge in [0.05, 0.1) is 10.2 Å². The number of likely N-dealkylation sites (tertiary alicyclic amines) is 1. The van der Waals surface area contributed by atoms with E-state index in [1.807, 2.05) is 33.8 Å². The topological polar surface area (TPSA) is 66.8 Å². The molecular formula is C17H24BrNO4S. The Bertz CT molecular complexity index is 624. The first-order valence-corrected chi connectivity index (χ1v) is 9.90. The fraction of sp³-hybridized carbons (Fsp3) is 0.647. The molecule has 1 aliphatic rings. The first kappa shape index (κ1) is 19.4. The minimum absolute atomic E-state index is 0.00805. The zero-order valence-electron chi connectivity index (χ0n) is 14.5. The fourth-order valence-electron chi connectivity index (χ4n) is 2.77. The largest absolute Gasteiger partial charge is 0.444 e. The number of alkyl halides is 1. The Morgan fingerprint density at radius 2 is 2.12 bits per heavy atom. The van der Waals surface area contributed by atoms with Gasteiger partial charge in [-0.2, -0.15) is 0 Å². The first-order chi connectivity index (χ1) is 11.1. The van der Waals surface area contributed by atoms with E-state index in [2.05, 4.69) is 15.9 Å². The first-order valence-electron chi connectivity index (χ1n) is 7.96. The van der Waals surface area contributed by atoms with Crippen molar-refractivity contribution in [2.24, 2.45) is 5.92 Å². The highest BCUT2D eigenvalue weighted by molar-refractivity contribution is 9.09. The van der Waals surface area contributed by atoms with E-state index in [-0.39, 0.29) is 23.1 Å². The molecule has 0 aromatic carbocycles. The van der Waals surface area contributed by atoms with Gasteiger partial charge in [-0.15, -0.1) is 11.3 Å². The van der Waals surface area contributed by atoms with Crippen molar-refractivity contribution in [1.82, 2.24) is 4.90 Å². The number of hydrogen-bond acceptors (Lipinski definition) is 5. The third-order valence-corrected chi connectivity index (χ3v) is 5.96. The van der Waals surface area contributed by atoms with Crippen LogP contribution in [0.2, 0.25) is 0 Å². The van der Waals surface area contributed by atoms with Crippen molar-refractivity contribution < 1.29 is 19.4 Å². The molecule has 0 aliphatic carbocycles. The molecule has 1 aromatic heterocycles. The average molecular weight is 418 g/mol. The van der Waals surface area contributed by atoms with E-state index >= 15 is 0 Å². The lowest BCUT2D eigenvalue weighted by Gasteiger charge is -2.42. The van der Waals surface area contributed by atoms with E-state index < -0.39 is 11.2 Å². The van der Waals surface area contributed by atoms with Gasteiger partial charge in [-0.05, 0) is 39.3 Å². The van der Waals surface area contributed by atoms with Crippen LogP contribution in [0.3, 0.4) is 0 Å². The van der Waals surface area contributed by atoms with Crippen molar-refractivity contribution in [1.29, 1.82) is 0 Å². The van der Waals surface area contributed by atoms with Gasteiger partial charge in [0.2, 0.25) is 0 Å². The normalized spacial score (nSPS) is 24.8. The van der Waals surface area contributed by atoms with Crippen LogP contribution < -0.4 is 0 Å². The number of carbonyl (C=O) groups is 2. The van der Waals surface area contributed by atoms with Crippen LogP contribution >= 0.6 is 27.3 Å². The number of piperidine rings is 1. The van der Waals surface area contributed by atoms with E-state index in [1.54, 1.807) is 11.0 Å². The number of halogens is 1. The highest BCUT2D eigenvalue weighted by atomic mass is 79.9. The highest BCUT2D eigenvalue weighted by Gasteiger charge is 2.43. The molecule has 2 atom stereocenters. The molecule has 1 aliphatic heterocycles. The standard InChI is InChI=1S/C17H24BrNO4S/c1-11-10-19(15(21)23-16(2,3)4)8-7-17(11,22)14-6-5-13(24-14)12(20)9-18/h5-6,11,22H,7-10H2,1-4H3/t11-,17+/m1/s1. The summed E-state index contributed by atoms with van der Waals surface area (Å²) in [5, 5.41) is 11.4. The maximum atomic E-state index is 12.2. The molecule has 5 nitrogen and oxygen atoms in total. The van der Waals surface area contributed by atoms with Crippen molar-refractivity contribution in [2.45, 2.75) is 45.3 Å². The van der Waals surface area contributed by atoms with E-state index in [1.165, 1.54) is 11.3 Å². The van der Waals surface area contributed by atoms with Crippen LogP contribution in [0, 0.1) is 5.92 Å². The van der Waals surface area contributed by atoms with Crippen LogP contribution in [0.25, 0.3) is 0 Å². The molecule has 1 saturated heterocycles. The SMILES string of the molecule is C[C@@H]1CN(C(=O)OC(C)(C)C)CC[C@@]1(O)c1ccc(C(=O)CBr)s1. The van der Waals surface area contributed by atoms with Crippen molar-refractivity contribution >= 4 is 39.1 Å². The third-order valence-electron chi connectivity index (χ3n) is 4.15. The molecule has 7 heteroatoms. The summed E-state index contributed by atoms with van der Waals surface area (Å²) in [6.45, 7) is 8.27. The Morgan fingerprint density at radius 1 is 1.46 bits per heavy atom. The molecule has 1 aromatic rings. The second kappa shape index (κ2) is 7.14. The second-order valence-corrected chi connectivity index (χ2v) is 8.87. The van der Waals surface area contributed by atoms with Crippen molar-refractivity contribution in [2.75, 3.05) is 18.4 Å². The van der Waals surface area contributed by atoms with Crippen LogP contribution in [0.5, 0.6) is 0 Å². The summed E-state index contributed by atoms with van der Waals surface area (Å²) in [5.74, 6) is -0.141. The number of rotatable bonds is 3. The lowest BCUT2D eigenvalue weighted by molar-refractivity contribution is -0.0709. The summed E-state index contributed by atoms with van der Waals surface area (Å²) in [7, 11) is 0.